The quantitative estimate of drug-likeness (QED) is 0.765. The molecule has 0 aromatic heterocycles. The fourth-order valence-corrected chi connectivity index (χ4v) is 5.08. The van der Waals surface area contributed by atoms with Crippen LogP contribution >= 0.6 is 0 Å². The third-order valence-corrected chi connectivity index (χ3v) is 6.71. The van der Waals surface area contributed by atoms with E-state index in [1.165, 1.54) is 0 Å². The number of benzene rings is 2. The van der Waals surface area contributed by atoms with Crippen molar-refractivity contribution in [3.8, 4) is 5.75 Å². The molecule has 0 N–H and O–H groups in total. The zero-order valence-electron chi connectivity index (χ0n) is 15.7. The lowest BCUT2D eigenvalue weighted by Gasteiger charge is -2.28. The molecule has 1 unspecified atom stereocenters. The van der Waals surface area contributed by atoms with Crippen molar-refractivity contribution in [1.82, 2.24) is 4.90 Å². The van der Waals surface area contributed by atoms with Gasteiger partial charge in [-0.05, 0) is 36.6 Å². The van der Waals surface area contributed by atoms with Crippen LogP contribution in [-0.4, -0.2) is 43.9 Å². The van der Waals surface area contributed by atoms with E-state index in [0.717, 1.165) is 22.4 Å². The molecule has 0 bridgehead atoms. The Labute approximate surface area is 160 Å². The highest BCUT2D eigenvalue weighted by atomic mass is 32.2. The van der Waals surface area contributed by atoms with Gasteiger partial charge in [0.15, 0.2) is 9.84 Å². The summed E-state index contributed by atoms with van der Waals surface area (Å²) in [7, 11) is -1.46. The van der Waals surface area contributed by atoms with Gasteiger partial charge in [-0.1, -0.05) is 42.0 Å². The molecular weight excluding hydrogens is 362 g/mol. The van der Waals surface area contributed by atoms with Gasteiger partial charge in [0.05, 0.1) is 25.0 Å². The van der Waals surface area contributed by atoms with E-state index < -0.39 is 9.84 Å². The van der Waals surface area contributed by atoms with E-state index in [-0.39, 0.29) is 29.9 Å². The molecule has 0 radical (unpaired) electrons. The Bertz CT molecular complexity index is 889. The standard InChI is InChI=1S/C21H25NO4S/c1-16-3-5-18(6-4-16)14-22(19-11-12-27(24,25)15-19)21(23)13-17-7-9-20(26-2)10-8-17/h3-10,19H,11-15H2,1-2H3. The Morgan fingerprint density at radius 2 is 1.70 bits per heavy atom. The minimum absolute atomic E-state index is 0.0488. The number of sulfone groups is 1. The van der Waals surface area contributed by atoms with E-state index in [1.807, 2.05) is 55.5 Å². The van der Waals surface area contributed by atoms with Gasteiger partial charge in [-0.2, -0.15) is 0 Å². The molecule has 2 aromatic rings. The molecule has 1 aliphatic rings. The Morgan fingerprint density at radius 3 is 2.26 bits per heavy atom. The second-order valence-corrected chi connectivity index (χ2v) is 9.32. The molecule has 0 spiro atoms. The second kappa shape index (κ2) is 8.13. The maximum Gasteiger partial charge on any atom is 0.227 e. The molecule has 0 aliphatic carbocycles. The lowest BCUT2D eigenvalue weighted by Crippen LogP contribution is -2.41. The summed E-state index contributed by atoms with van der Waals surface area (Å²) in [6.45, 7) is 2.44. The number of amides is 1. The Morgan fingerprint density at radius 1 is 1.07 bits per heavy atom. The number of nitrogens with zero attached hydrogens (tertiary/aromatic N) is 1. The normalized spacial score (nSPS) is 18.2. The number of hydrogen-bond acceptors (Lipinski definition) is 4. The second-order valence-electron chi connectivity index (χ2n) is 7.09. The van der Waals surface area contributed by atoms with Crippen molar-refractivity contribution in [2.75, 3.05) is 18.6 Å². The van der Waals surface area contributed by atoms with Crippen molar-refractivity contribution >= 4 is 15.7 Å². The number of carbonyl (C=O) groups excluding carboxylic acids is 1. The first-order valence-electron chi connectivity index (χ1n) is 9.05. The van der Waals surface area contributed by atoms with Gasteiger partial charge in [-0.3, -0.25) is 4.79 Å². The largest absolute Gasteiger partial charge is 0.497 e. The fourth-order valence-electron chi connectivity index (χ4n) is 3.35. The summed E-state index contributed by atoms with van der Waals surface area (Å²) in [4.78, 5) is 14.8. The summed E-state index contributed by atoms with van der Waals surface area (Å²) >= 11 is 0. The molecule has 5 nitrogen and oxygen atoms in total. The first kappa shape index (κ1) is 19.4. The van der Waals surface area contributed by atoms with Gasteiger partial charge >= 0.3 is 0 Å². The molecule has 6 heteroatoms. The minimum Gasteiger partial charge on any atom is -0.497 e. The third-order valence-electron chi connectivity index (χ3n) is 4.96. The molecule has 27 heavy (non-hydrogen) atoms. The highest BCUT2D eigenvalue weighted by molar-refractivity contribution is 7.91. The summed E-state index contributed by atoms with van der Waals surface area (Å²) in [5, 5.41) is 0. The van der Waals surface area contributed by atoms with Crippen LogP contribution in [-0.2, 0) is 27.6 Å². The number of methoxy groups -OCH3 is 1. The molecule has 144 valence electrons. The van der Waals surface area contributed by atoms with E-state index >= 15 is 0 Å². The van der Waals surface area contributed by atoms with Crippen LogP contribution in [0.2, 0.25) is 0 Å². The van der Waals surface area contributed by atoms with Crippen LogP contribution < -0.4 is 4.74 Å². The number of aryl methyl sites for hydroxylation is 1. The summed E-state index contributed by atoms with van der Waals surface area (Å²) < 4.78 is 29.0. The highest BCUT2D eigenvalue weighted by Gasteiger charge is 2.34. The number of hydrogen-bond donors (Lipinski definition) is 0. The molecule has 1 heterocycles. The van der Waals surface area contributed by atoms with Gasteiger partial charge < -0.3 is 9.64 Å². The van der Waals surface area contributed by atoms with E-state index in [9.17, 15) is 13.2 Å². The van der Waals surface area contributed by atoms with Crippen LogP contribution in [0.4, 0.5) is 0 Å². The first-order valence-corrected chi connectivity index (χ1v) is 10.9. The Kier molecular flexibility index (Phi) is 5.85. The zero-order chi connectivity index (χ0) is 19.4. The topological polar surface area (TPSA) is 63.7 Å². The lowest BCUT2D eigenvalue weighted by molar-refractivity contribution is -0.133. The van der Waals surface area contributed by atoms with Gasteiger partial charge in [0.2, 0.25) is 5.91 Å². The van der Waals surface area contributed by atoms with Gasteiger partial charge in [-0.15, -0.1) is 0 Å². The van der Waals surface area contributed by atoms with Crippen LogP contribution in [0.25, 0.3) is 0 Å². The summed E-state index contributed by atoms with van der Waals surface area (Å²) in [5.74, 6) is 0.887. The smallest absolute Gasteiger partial charge is 0.227 e. The maximum absolute atomic E-state index is 13.0. The molecule has 2 aromatic carbocycles. The maximum atomic E-state index is 13.0. The van der Waals surface area contributed by atoms with Crippen molar-refractivity contribution in [1.29, 1.82) is 0 Å². The van der Waals surface area contributed by atoms with Crippen molar-refractivity contribution < 1.29 is 17.9 Å². The molecule has 3 rings (SSSR count). The van der Waals surface area contributed by atoms with Crippen molar-refractivity contribution in [3.05, 3.63) is 65.2 Å². The molecule has 1 aliphatic heterocycles. The lowest BCUT2D eigenvalue weighted by atomic mass is 10.1. The molecule has 1 amide bonds. The summed E-state index contributed by atoms with van der Waals surface area (Å²) in [6.07, 6.45) is 0.745. The average molecular weight is 388 g/mol. The number of ether oxygens (including phenoxy) is 1. The monoisotopic (exact) mass is 387 g/mol. The minimum atomic E-state index is -3.07. The van der Waals surface area contributed by atoms with E-state index in [0.29, 0.717) is 13.0 Å². The first-order chi connectivity index (χ1) is 12.9. The molecule has 0 saturated carbocycles. The SMILES string of the molecule is COc1ccc(CC(=O)N(Cc2ccc(C)cc2)C2CCS(=O)(=O)C2)cc1. The predicted octanol–water partition coefficient (Wildman–Crippen LogP) is 2.76. The Hall–Kier alpha value is -2.34. The van der Waals surface area contributed by atoms with Crippen LogP contribution in [0.3, 0.4) is 0 Å². The Balaban J connectivity index is 1.79. The number of carbonyl (C=O) groups is 1. The molecule has 1 saturated heterocycles. The van der Waals surface area contributed by atoms with Crippen LogP contribution in [0.15, 0.2) is 48.5 Å². The summed E-state index contributed by atoms with van der Waals surface area (Å²) in [6, 6.07) is 15.1. The van der Waals surface area contributed by atoms with Crippen LogP contribution in [0.1, 0.15) is 23.1 Å². The molecule has 1 fully saturated rings. The zero-order valence-corrected chi connectivity index (χ0v) is 16.5. The van der Waals surface area contributed by atoms with E-state index in [2.05, 4.69) is 0 Å². The van der Waals surface area contributed by atoms with Crippen molar-refractivity contribution in [2.24, 2.45) is 0 Å². The van der Waals surface area contributed by atoms with Crippen LogP contribution in [0, 0.1) is 6.92 Å². The predicted molar refractivity (Wildman–Crippen MR) is 105 cm³/mol. The van der Waals surface area contributed by atoms with Gasteiger partial charge in [0.25, 0.3) is 0 Å². The van der Waals surface area contributed by atoms with Crippen LogP contribution in [0.5, 0.6) is 5.75 Å². The van der Waals surface area contributed by atoms with E-state index in [1.54, 1.807) is 12.0 Å². The van der Waals surface area contributed by atoms with Crippen molar-refractivity contribution in [3.63, 3.8) is 0 Å². The molecular formula is C21H25NO4S. The van der Waals surface area contributed by atoms with Gasteiger partial charge in [0, 0.05) is 12.6 Å². The third kappa shape index (κ3) is 5.10. The van der Waals surface area contributed by atoms with Crippen molar-refractivity contribution in [2.45, 2.75) is 32.4 Å². The van der Waals surface area contributed by atoms with E-state index in [4.69, 9.17) is 4.74 Å². The fraction of sp³-hybridized carbons (Fsp3) is 0.381. The van der Waals surface area contributed by atoms with Gasteiger partial charge in [0.1, 0.15) is 5.75 Å². The highest BCUT2D eigenvalue weighted by Crippen LogP contribution is 2.22. The average Bonchev–Trinajstić information content (AvgIpc) is 3.01. The summed E-state index contributed by atoms with van der Waals surface area (Å²) in [5.41, 5.74) is 3.04. The van der Waals surface area contributed by atoms with Gasteiger partial charge in [-0.25, -0.2) is 8.42 Å². The molecule has 1 atom stereocenters. The number of rotatable bonds is 6.